The second-order valence-electron chi connectivity index (χ2n) is 4.70. The average molecular weight is 277 g/mol. The molecule has 1 N–H and O–H groups in total. The van der Waals surface area contributed by atoms with Crippen molar-refractivity contribution in [3.63, 3.8) is 0 Å². The first-order chi connectivity index (χ1) is 9.02. The molecular formula is C13H15F4NO. The number of anilines is 1. The molecule has 0 spiro atoms. The highest BCUT2D eigenvalue weighted by atomic mass is 19.2. The Morgan fingerprint density at radius 2 is 1.53 bits per heavy atom. The summed E-state index contributed by atoms with van der Waals surface area (Å²) in [5.41, 5.74) is -0.724. The summed E-state index contributed by atoms with van der Waals surface area (Å²) >= 11 is 0. The Kier molecular flexibility index (Phi) is 4.29. The molecule has 0 amide bonds. The standard InChI is InChI=1S/C13H15F4NO/c1-19-8-4-2-7(3-5-8)18-13-11(16)9(14)6-10(15)12(13)17/h6-8,18H,2-5H2,1H3. The molecule has 0 saturated heterocycles. The molecule has 106 valence electrons. The molecular weight excluding hydrogens is 262 g/mol. The maximum atomic E-state index is 13.5. The summed E-state index contributed by atoms with van der Waals surface area (Å²) < 4.78 is 58.2. The predicted molar refractivity (Wildman–Crippen MR) is 62.9 cm³/mol. The minimum absolute atomic E-state index is 0.136. The summed E-state index contributed by atoms with van der Waals surface area (Å²) in [7, 11) is 1.61. The predicted octanol–water partition coefficient (Wildman–Crippen LogP) is 3.61. The van der Waals surface area contributed by atoms with Crippen LogP contribution in [0.2, 0.25) is 0 Å². The van der Waals surface area contributed by atoms with E-state index in [0.717, 1.165) is 12.8 Å². The van der Waals surface area contributed by atoms with Gasteiger partial charge in [-0.3, -0.25) is 0 Å². The van der Waals surface area contributed by atoms with Gasteiger partial charge in [-0.1, -0.05) is 0 Å². The summed E-state index contributed by atoms with van der Waals surface area (Å²) in [6, 6.07) is -0.00546. The lowest BCUT2D eigenvalue weighted by molar-refractivity contribution is 0.0681. The van der Waals surface area contributed by atoms with Gasteiger partial charge < -0.3 is 10.1 Å². The molecule has 0 bridgehead atoms. The van der Waals surface area contributed by atoms with E-state index in [-0.39, 0.29) is 18.2 Å². The Balaban J connectivity index is 2.12. The van der Waals surface area contributed by atoms with Crippen LogP contribution in [0.15, 0.2) is 6.07 Å². The Bertz CT molecular complexity index is 432. The van der Waals surface area contributed by atoms with Crippen LogP contribution in [0, 0.1) is 23.3 Å². The van der Waals surface area contributed by atoms with E-state index in [1.54, 1.807) is 7.11 Å². The number of hydrogen-bond donors (Lipinski definition) is 1. The van der Waals surface area contributed by atoms with Crippen LogP contribution in [-0.4, -0.2) is 19.3 Å². The van der Waals surface area contributed by atoms with E-state index in [1.807, 2.05) is 0 Å². The first-order valence-corrected chi connectivity index (χ1v) is 6.15. The number of methoxy groups -OCH3 is 1. The number of hydrogen-bond acceptors (Lipinski definition) is 2. The zero-order chi connectivity index (χ0) is 14.0. The molecule has 0 unspecified atom stereocenters. The molecule has 1 aliphatic rings. The number of ether oxygens (including phenoxy) is 1. The zero-order valence-electron chi connectivity index (χ0n) is 10.5. The monoisotopic (exact) mass is 277 g/mol. The van der Waals surface area contributed by atoms with Gasteiger partial charge >= 0.3 is 0 Å². The van der Waals surface area contributed by atoms with Gasteiger partial charge in [0.2, 0.25) is 0 Å². The van der Waals surface area contributed by atoms with Gasteiger partial charge in [0, 0.05) is 19.2 Å². The molecule has 19 heavy (non-hydrogen) atoms. The van der Waals surface area contributed by atoms with Crippen molar-refractivity contribution in [2.75, 3.05) is 12.4 Å². The van der Waals surface area contributed by atoms with Crippen molar-refractivity contribution in [3.8, 4) is 0 Å². The fourth-order valence-corrected chi connectivity index (χ4v) is 2.35. The number of nitrogens with one attached hydrogen (secondary N) is 1. The topological polar surface area (TPSA) is 21.3 Å². The van der Waals surface area contributed by atoms with Crippen molar-refractivity contribution in [3.05, 3.63) is 29.3 Å². The van der Waals surface area contributed by atoms with E-state index in [0.29, 0.717) is 12.8 Å². The Labute approximate surface area is 108 Å². The quantitative estimate of drug-likeness (QED) is 0.673. The van der Waals surface area contributed by atoms with Crippen LogP contribution < -0.4 is 5.32 Å². The molecule has 1 fully saturated rings. The maximum absolute atomic E-state index is 13.5. The van der Waals surface area contributed by atoms with Crippen LogP contribution in [0.3, 0.4) is 0 Å². The van der Waals surface area contributed by atoms with E-state index < -0.39 is 29.0 Å². The molecule has 0 aliphatic heterocycles. The van der Waals surface area contributed by atoms with Crippen LogP contribution in [0.4, 0.5) is 23.2 Å². The molecule has 1 saturated carbocycles. The fourth-order valence-electron chi connectivity index (χ4n) is 2.35. The van der Waals surface area contributed by atoms with Crippen LogP contribution in [-0.2, 0) is 4.74 Å². The first-order valence-electron chi connectivity index (χ1n) is 6.15. The highest BCUT2D eigenvalue weighted by Gasteiger charge is 2.25. The summed E-state index contributed by atoms with van der Waals surface area (Å²) in [6.45, 7) is 0. The van der Waals surface area contributed by atoms with Crippen LogP contribution in [0.1, 0.15) is 25.7 Å². The molecule has 2 rings (SSSR count). The highest BCUT2D eigenvalue weighted by molar-refractivity contribution is 5.48. The zero-order valence-corrected chi connectivity index (χ0v) is 10.5. The number of rotatable bonds is 3. The van der Waals surface area contributed by atoms with Gasteiger partial charge in [-0.05, 0) is 25.7 Å². The van der Waals surface area contributed by atoms with E-state index in [2.05, 4.69) is 5.32 Å². The van der Waals surface area contributed by atoms with Gasteiger partial charge in [0.25, 0.3) is 0 Å². The third-order valence-electron chi connectivity index (χ3n) is 3.47. The van der Waals surface area contributed by atoms with E-state index >= 15 is 0 Å². The van der Waals surface area contributed by atoms with Crippen molar-refractivity contribution in [1.29, 1.82) is 0 Å². The molecule has 0 radical (unpaired) electrons. The van der Waals surface area contributed by atoms with Crippen LogP contribution >= 0.6 is 0 Å². The molecule has 1 aliphatic carbocycles. The Hall–Kier alpha value is -1.30. The Morgan fingerprint density at radius 1 is 1.00 bits per heavy atom. The largest absolute Gasteiger partial charge is 0.381 e. The number of benzene rings is 1. The Morgan fingerprint density at radius 3 is 2.00 bits per heavy atom. The lowest BCUT2D eigenvalue weighted by atomic mass is 9.93. The molecule has 1 aromatic carbocycles. The molecule has 2 nitrogen and oxygen atoms in total. The second kappa shape index (κ2) is 5.77. The molecule has 1 aromatic rings. The van der Waals surface area contributed by atoms with Gasteiger partial charge in [0.15, 0.2) is 23.3 Å². The second-order valence-corrected chi connectivity index (χ2v) is 4.70. The van der Waals surface area contributed by atoms with Gasteiger partial charge in [-0.2, -0.15) is 0 Å². The maximum Gasteiger partial charge on any atom is 0.185 e. The third-order valence-corrected chi connectivity index (χ3v) is 3.47. The van der Waals surface area contributed by atoms with E-state index in [4.69, 9.17) is 4.74 Å². The lowest BCUT2D eigenvalue weighted by Gasteiger charge is -2.29. The van der Waals surface area contributed by atoms with E-state index in [9.17, 15) is 17.6 Å². The van der Waals surface area contributed by atoms with E-state index in [1.165, 1.54) is 0 Å². The minimum Gasteiger partial charge on any atom is -0.381 e. The summed E-state index contributed by atoms with van der Waals surface area (Å²) in [6.07, 6.45) is 2.90. The van der Waals surface area contributed by atoms with Gasteiger partial charge in [-0.15, -0.1) is 0 Å². The highest BCUT2D eigenvalue weighted by Crippen LogP contribution is 2.28. The molecule has 0 heterocycles. The van der Waals surface area contributed by atoms with Crippen LogP contribution in [0.5, 0.6) is 0 Å². The average Bonchev–Trinajstić information content (AvgIpc) is 2.42. The normalized spacial score (nSPS) is 23.4. The SMILES string of the molecule is COC1CCC(Nc2c(F)c(F)cc(F)c2F)CC1. The van der Waals surface area contributed by atoms with Crippen molar-refractivity contribution < 1.29 is 22.3 Å². The number of halogens is 4. The molecule has 0 aromatic heterocycles. The van der Waals surface area contributed by atoms with Crippen LogP contribution in [0.25, 0.3) is 0 Å². The lowest BCUT2D eigenvalue weighted by Crippen LogP contribution is -2.30. The minimum atomic E-state index is -1.40. The third kappa shape index (κ3) is 3.00. The van der Waals surface area contributed by atoms with Crippen molar-refractivity contribution >= 4 is 5.69 Å². The fraction of sp³-hybridized carbons (Fsp3) is 0.538. The first kappa shape index (κ1) is 14.1. The van der Waals surface area contributed by atoms with Crippen molar-refractivity contribution in [2.45, 2.75) is 37.8 Å². The smallest absolute Gasteiger partial charge is 0.185 e. The van der Waals surface area contributed by atoms with Gasteiger partial charge in [-0.25, -0.2) is 17.6 Å². The molecule has 6 heteroatoms. The van der Waals surface area contributed by atoms with Gasteiger partial charge in [0.05, 0.1) is 6.10 Å². The van der Waals surface area contributed by atoms with Crippen molar-refractivity contribution in [2.24, 2.45) is 0 Å². The van der Waals surface area contributed by atoms with Gasteiger partial charge in [0.1, 0.15) is 5.69 Å². The molecule has 0 atom stereocenters. The summed E-state index contributed by atoms with van der Waals surface area (Å²) in [4.78, 5) is 0. The summed E-state index contributed by atoms with van der Waals surface area (Å²) in [5.74, 6) is -5.56. The summed E-state index contributed by atoms with van der Waals surface area (Å²) in [5, 5.41) is 2.56. The van der Waals surface area contributed by atoms with Crippen molar-refractivity contribution in [1.82, 2.24) is 0 Å².